The number of anilines is 1. The predicted molar refractivity (Wildman–Crippen MR) is 109 cm³/mol. The van der Waals surface area contributed by atoms with Gasteiger partial charge in [-0.3, -0.25) is 24.6 Å². The lowest BCUT2D eigenvalue weighted by Gasteiger charge is -2.35. The van der Waals surface area contributed by atoms with Crippen LogP contribution in [0.2, 0.25) is 0 Å². The average molecular weight is 415 g/mol. The van der Waals surface area contributed by atoms with Crippen LogP contribution in [0.4, 0.5) is 11.4 Å². The van der Waals surface area contributed by atoms with Gasteiger partial charge in [0.1, 0.15) is 5.76 Å². The molecular formula is C20H25N5O5. The van der Waals surface area contributed by atoms with Crippen molar-refractivity contribution in [2.45, 2.75) is 20.3 Å². The van der Waals surface area contributed by atoms with Crippen molar-refractivity contribution in [2.75, 3.05) is 44.7 Å². The van der Waals surface area contributed by atoms with Crippen LogP contribution >= 0.6 is 0 Å². The van der Waals surface area contributed by atoms with Gasteiger partial charge in [-0.25, -0.2) is 0 Å². The molecule has 10 nitrogen and oxygen atoms in total. The van der Waals surface area contributed by atoms with Crippen molar-refractivity contribution >= 4 is 23.2 Å². The Labute approximate surface area is 174 Å². The second-order valence-corrected chi connectivity index (χ2v) is 7.36. The van der Waals surface area contributed by atoms with E-state index in [1.807, 2.05) is 11.8 Å². The molecule has 1 aromatic carbocycles. The first-order valence-corrected chi connectivity index (χ1v) is 9.69. The van der Waals surface area contributed by atoms with E-state index in [-0.39, 0.29) is 30.5 Å². The quantitative estimate of drug-likeness (QED) is 0.519. The van der Waals surface area contributed by atoms with Gasteiger partial charge in [-0.2, -0.15) is 0 Å². The standard InChI is InChI=1S/C20H25N5O5/c1-14-18(15(2)30-21-14)12-19(26)24-10-8-23(9-11-24)13-20(27)22(3)16-4-6-17(7-5-16)25(28)29/h4-7H,8-13H2,1-3H3. The van der Waals surface area contributed by atoms with Crippen LogP contribution in [0.15, 0.2) is 28.8 Å². The van der Waals surface area contributed by atoms with Crippen LogP contribution in [-0.2, 0) is 16.0 Å². The highest BCUT2D eigenvalue weighted by atomic mass is 16.6. The second kappa shape index (κ2) is 9.04. The number of piperazine rings is 1. The molecule has 1 fully saturated rings. The number of carbonyl (C=O) groups is 2. The van der Waals surface area contributed by atoms with Gasteiger partial charge in [0.05, 0.1) is 23.6 Å². The van der Waals surface area contributed by atoms with Crippen LogP contribution in [0.5, 0.6) is 0 Å². The van der Waals surface area contributed by atoms with E-state index < -0.39 is 4.92 Å². The van der Waals surface area contributed by atoms with Crippen LogP contribution < -0.4 is 4.90 Å². The molecule has 30 heavy (non-hydrogen) atoms. The largest absolute Gasteiger partial charge is 0.361 e. The molecule has 1 saturated heterocycles. The lowest BCUT2D eigenvalue weighted by molar-refractivity contribution is -0.384. The third kappa shape index (κ3) is 4.82. The molecule has 0 radical (unpaired) electrons. The summed E-state index contributed by atoms with van der Waals surface area (Å²) >= 11 is 0. The number of rotatable bonds is 6. The summed E-state index contributed by atoms with van der Waals surface area (Å²) in [6.07, 6.45) is 0.267. The molecule has 0 bridgehead atoms. The lowest BCUT2D eigenvalue weighted by Crippen LogP contribution is -2.51. The van der Waals surface area contributed by atoms with E-state index in [9.17, 15) is 19.7 Å². The lowest BCUT2D eigenvalue weighted by atomic mass is 10.1. The SMILES string of the molecule is Cc1noc(C)c1CC(=O)N1CCN(CC(=O)N(C)c2ccc([N+](=O)[O-])cc2)CC1. The number of benzene rings is 1. The summed E-state index contributed by atoms with van der Waals surface area (Å²) in [6.45, 7) is 6.16. The van der Waals surface area contributed by atoms with Gasteiger partial charge in [0.25, 0.3) is 5.69 Å². The van der Waals surface area contributed by atoms with Crippen molar-refractivity contribution in [1.29, 1.82) is 0 Å². The van der Waals surface area contributed by atoms with Gasteiger partial charge in [-0.1, -0.05) is 5.16 Å². The Bertz CT molecular complexity index is 912. The van der Waals surface area contributed by atoms with Crippen LogP contribution in [0.1, 0.15) is 17.0 Å². The van der Waals surface area contributed by atoms with Crippen molar-refractivity contribution in [3.63, 3.8) is 0 Å². The van der Waals surface area contributed by atoms with Crippen LogP contribution in [0.25, 0.3) is 0 Å². The van der Waals surface area contributed by atoms with E-state index in [0.29, 0.717) is 37.6 Å². The molecule has 2 amide bonds. The molecule has 3 rings (SSSR count). The van der Waals surface area contributed by atoms with E-state index in [0.717, 1.165) is 11.3 Å². The maximum Gasteiger partial charge on any atom is 0.269 e. The summed E-state index contributed by atoms with van der Waals surface area (Å²) in [5.74, 6) is 0.581. The molecule has 0 N–H and O–H groups in total. The molecule has 0 aliphatic carbocycles. The molecule has 0 atom stereocenters. The maximum absolute atomic E-state index is 12.6. The van der Waals surface area contributed by atoms with Gasteiger partial charge in [-0.05, 0) is 26.0 Å². The van der Waals surface area contributed by atoms with E-state index in [2.05, 4.69) is 5.16 Å². The van der Waals surface area contributed by atoms with E-state index >= 15 is 0 Å². The van der Waals surface area contributed by atoms with Crippen molar-refractivity contribution in [3.05, 3.63) is 51.4 Å². The Balaban J connectivity index is 1.49. The van der Waals surface area contributed by atoms with E-state index in [4.69, 9.17) is 4.52 Å². The highest BCUT2D eigenvalue weighted by molar-refractivity contribution is 5.94. The number of aromatic nitrogens is 1. The molecule has 0 saturated carbocycles. The number of nitro groups is 1. The fourth-order valence-corrected chi connectivity index (χ4v) is 3.41. The fraction of sp³-hybridized carbons (Fsp3) is 0.450. The van der Waals surface area contributed by atoms with Crippen molar-refractivity contribution < 1.29 is 19.0 Å². The minimum absolute atomic E-state index is 0.0167. The molecule has 160 valence electrons. The summed E-state index contributed by atoms with van der Waals surface area (Å²) < 4.78 is 5.12. The van der Waals surface area contributed by atoms with E-state index in [1.165, 1.54) is 17.0 Å². The monoisotopic (exact) mass is 415 g/mol. The maximum atomic E-state index is 12.6. The zero-order chi connectivity index (χ0) is 21.8. The van der Waals surface area contributed by atoms with Crippen molar-refractivity contribution in [1.82, 2.24) is 15.0 Å². The topological polar surface area (TPSA) is 113 Å². The number of hydrogen-bond acceptors (Lipinski definition) is 7. The molecule has 1 aromatic heterocycles. The number of nitro benzene ring substituents is 1. The molecule has 2 aromatic rings. The smallest absolute Gasteiger partial charge is 0.269 e. The molecule has 0 unspecified atom stereocenters. The average Bonchev–Trinajstić information content (AvgIpc) is 3.05. The fourth-order valence-electron chi connectivity index (χ4n) is 3.41. The number of aryl methyl sites for hydroxylation is 2. The summed E-state index contributed by atoms with van der Waals surface area (Å²) in [4.78, 5) is 40.7. The molecule has 2 heterocycles. The van der Waals surface area contributed by atoms with Gasteiger partial charge in [-0.15, -0.1) is 0 Å². The first-order valence-electron chi connectivity index (χ1n) is 9.69. The van der Waals surface area contributed by atoms with Gasteiger partial charge >= 0.3 is 0 Å². The van der Waals surface area contributed by atoms with Gasteiger partial charge < -0.3 is 14.3 Å². The van der Waals surface area contributed by atoms with Gasteiger partial charge in [0.15, 0.2) is 0 Å². The van der Waals surface area contributed by atoms with Gasteiger partial charge in [0, 0.05) is 56.6 Å². The first-order chi connectivity index (χ1) is 14.3. The van der Waals surface area contributed by atoms with Gasteiger partial charge in [0.2, 0.25) is 11.8 Å². The molecule has 1 aliphatic rings. The van der Waals surface area contributed by atoms with E-state index in [1.54, 1.807) is 31.0 Å². The Hall–Kier alpha value is -3.27. The molecule has 10 heteroatoms. The Morgan fingerprint density at radius 3 is 2.33 bits per heavy atom. The minimum Gasteiger partial charge on any atom is -0.361 e. The summed E-state index contributed by atoms with van der Waals surface area (Å²) in [6, 6.07) is 5.87. The van der Waals surface area contributed by atoms with Crippen LogP contribution in [-0.4, -0.2) is 71.5 Å². The second-order valence-electron chi connectivity index (χ2n) is 7.36. The van der Waals surface area contributed by atoms with Crippen molar-refractivity contribution in [3.8, 4) is 0 Å². The number of carbonyl (C=O) groups excluding carboxylic acids is 2. The summed E-state index contributed by atoms with van der Waals surface area (Å²) in [5, 5.41) is 14.6. The number of amides is 2. The number of likely N-dealkylation sites (N-methyl/N-ethyl adjacent to an activating group) is 1. The zero-order valence-electron chi connectivity index (χ0n) is 17.3. The van der Waals surface area contributed by atoms with Crippen molar-refractivity contribution in [2.24, 2.45) is 0 Å². The highest BCUT2D eigenvalue weighted by Crippen LogP contribution is 2.19. The summed E-state index contributed by atoms with van der Waals surface area (Å²) in [5.41, 5.74) is 2.15. The minimum atomic E-state index is -0.474. The predicted octanol–water partition coefficient (Wildman–Crippen LogP) is 1.55. The molecular weight excluding hydrogens is 390 g/mol. The Morgan fingerprint density at radius 2 is 1.80 bits per heavy atom. The molecule has 1 aliphatic heterocycles. The molecule has 0 spiro atoms. The third-order valence-electron chi connectivity index (χ3n) is 5.42. The number of hydrogen-bond donors (Lipinski definition) is 0. The summed E-state index contributed by atoms with van der Waals surface area (Å²) in [7, 11) is 1.65. The van der Waals surface area contributed by atoms with Crippen LogP contribution in [0, 0.1) is 24.0 Å². The number of nitrogens with zero attached hydrogens (tertiary/aromatic N) is 5. The Kier molecular flexibility index (Phi) is 6.46. The third-order valence-corrected chi connectivity index (χ3v) is 5.42. The first kappa shape index (κ1) is 21.4. The van der Waals surface area contributed by atoms with Crippen LogP contribution in [0.3, 0.4) is 0 Å². The Morgan fingerprint density at radius 1 is 1.17 bits per heavy atom. The normalized spacial score (nSPS) is 14.6. The highest BCUT2D eigenvalue weighted by Gasteiger charge is 2.25. The zero-order valence-corrected chi connectivity index (χ0v) is 17.3. The number of non-ortho nitro benzene ring substituents is 1.